The Morgan fingerprint density at radius 3 is 1.40 bits per heavy atom. The lowest BCUT2D eigenvalue weighted by Gasteiger charge is -2.32. The van der Waals surface area contributed by atoms with Crippen molar-refractivity contribution in [1.29, 1.82) is 0 Å². The SMILES string of the molecule is CCN1CCCC(c2c3nc(c(-c4ccccc4)c4ccc([nH]4)c(C4CCCN(CC)C4)c4ccc([nH]4)c(-c4ccccc4)c4nc2C=C4)C=C3)C1. The maximum absolute atomic E-state index is 5.51. The zero-order valence-corrected chi connectivity index (χ0v) is 30.4. The van der Waals surface area contributed by atoms with Crippen LogP contribution in [0.3, 0.4) is 0 Å². The van der Waals surface area contributed by atoms with E-state index < -0.39 is 0 Å². The topological polar surface area (TPSA) is 63.8 Å². The quantitative estimate of drug-likeness (QED) is 0.183. The molecule has 3 aromatic heterocycles. The minimum Gasteiger partial charge on any atom is -0.355 e. The van der Waals surface area contributed by atoms with Crippen LogP contribution in [0.5, 0.6) is 0 Å². The number of H-pyrrole nitrogens is 2. The van der Waals surface area contributed by atoms with Gasteiger partial charge in [-0.15, -0.1) is 0 Å². The molecule has 8 bridgehead atoms. The number of likely N-dealkylation sites (tertiary alicyclic amines) is 2. The number of benzene rings is 2. The Morgan fingerprint density at radius 1 is 0.519 bits per heavy atom. The number of fused-ring (bicyclic) bond motifs is 8. The van der Waals surface area contributed by atoms with Crippen LogP contribution in [0.25, 0.3) is 68.6 Å². The fourth-order valence-electron chi connectivity index (χ4n) is 9.08. The first-order chi connectivity index (χ1) is 25.7. The molecule has 0 radical (unpaired) electrons. The lowest BCUT2D eigenvalue weighted by atomic mass is 9.88. The molecule has 4 aliphatic rings. The summed E-state index contributed by atoms with van der Waals surface area (Å²) in [6, 6.07) is 30.7. The first-order valence-corrected chi connectivity index (χ1v) is 19.4. The van der Waals surface area contributed by atoms with Crippen LogP contribution < -0.4 is 0 Å². The predicted octanol–water partition coefficient (Wildman–Crippen LogP) is 10.4. The van der Waals surface area contributed by atoms with Gasteiger partial charge in [-0.25, -0.2) is 9.97 Å². The van der Waals surface area contributed by atoms with Crippen LogP contribution in [0.2, 0.25) is 0 Å². The molecular weight excluding hydrogens is 637 g/mol. The molecule has 7 heterocycles. The van der Waals surface area contributed by atoms with Gasteiger partial charge >= 0.3 is 0 Å². The van der Waals surface area contributed by atoms with Gasteiger partial charge in [0.25, 0.3) is 0 Å². The molecule has 9 rings (SSSR count). The van der Waals surface area contributed by atoms with E-state index in [2.05, 4.69) is 143 Å². The van der Waals surface area contributed by atoms with E-state index in [1.165, 1.54) is 35.0 Å². The molecule has 0 amide bonds. The Bertz CT molecular complexity index is 2170. The third kappa shape index (κ3) is 6.14. The van der Waals surface area contributed by atoms with Crippen molar-refractivity contribution in [3.05, 3.63) is 119 Å². The third-order valence-electron chi connectivity index (χ3n) is 11.7. The second-order valence-corrected chi connectivity index (χ2v) is 14.8. The van der Waals surface area contributed by atoms with Crippen molar-refractivity contribution in [1.82, 2.24) is 29.7 Å². The summed E-state index contributed by atoms with van der Waals surface area (Å²) in [4.78, 5) is 24.1. The van der Waals surface area contributed by atoms with E-state index in [-0.39, 0.29) is 0 Å². The Morgan fingerprint density at radius 2 is 0.942 bits per heavy atom. The number of hydrogen-bond acceptors (Lipinski definition) is 4. The molecule has 2 unspecified atom stereocenters. The van der Waals surface area contributed by atoms with Crippen LogP contribution in [0.1, 0.15) is 85.3 Å². The number of piperidine rings is 2. The van der Waals surface area contributed by atoms with E-state index in [1.54, 1.807) is 0 Å². The van der Waals surface area contributed by atoms with Gasteiger partial charge in [0, 0.05) is 69.2 Å². The molecule has 0 aliphatic carbocycles. The fraction of sp³-hybridized carbons (Fsp3) is 0.304. The molecule has 0 saturated carbocycles. The van der Waals surface area contributed by atoms with Gasteiger partial charge < -0.3 is 19.8 Å². The van der Waals surface area contributed by atoms with Crippen molar-refractivity contribution >= 4 is 46.4 Å². The smallest absolute Gasteiger partial charge is 0.0737 e. The molecule has 2 fully saturated rings. The first-order valence-electron chi connectivity index (χ1n) is 19.4. The van der Waals surface area contributed by atoms with Gasteiger partial charge in [-0.1, -0.05) is 74.5 Å². The number of nitrogens with one attached hydrogen (secondary N) is 2. The van der Waals surface area contributed by atoms with Gasteiger partial charge in [-0.05, 0) is 112 Å². The third-order valence-corrected chi connectivity index (χ3v) is 11.7. The van der Waals surface area contributed by atoms with E-state index in [9.17, 15) is 0 Å². The van der Waals surface area contributed by atoms with Crippen LogP contribution in [-0.2, 0) is 0 Å². The Balaban J connectivity index is 1.40. The van der Waals surface area contributed by atoms with Crippen molar-refractivity contribution in [2.45, 2.75) is 51.4 Å². The van der Waals surface area contributed by atoms with E-state index in [4.69, 9.17) is 9.97 Å². The maximum Gasteiger partial charge on any atom is 0.0737 e. The first kappa shape index (κ1) is 32.8. The van der Waals surface area contributed by atoms with Crippen molar-refractivity contribution < 1.29 is 0 Å². The normalized spacial score (nSPS) is 19.3. The lowest BCUT2D eigenvalue weighted by Crippen LogP contribution is -2.34. The van der Waals surface area contributed by atoms with Gasteiger partial charge in [0.2, 0.25) is 0 Å². The van der Waals surface area contributed by atoms with Crippen LogP contribution in [0.4, 0.5) is 0 Å². The van der Waals surface area contributed by atoms with E-state index in [1.807, 2.05) is 0 Å². The highest BCUT2D eigenvalue weighted by Gasteiger charge is 2.28. The van der Waals surface area contributed by atoms with Crippen molar-refractivity contribution in [3.8, 4) is 22.3 Å². The van der Waals surface area contributed by atoms with Gasteiger partial charge in [0.15, 0.2) is 0 Å². The summed E-state index contributed by atoms with van der Waals surface area (Å²) in [5.41, 5.74) is 15.8. The molecule has 4 aliphatic heterocycles. The highest BCUT2D eigenvalue weighted by molar-refractivity contribution is 5.94. The second-order valence-electron chi connectivity index (χ2n) is 14.8. The number of nitrogens with zero attached hydrogens (tertiary/aromatic N) is 4. The van der Waals surface area contributed by atoms with Gasteiger partial charge in [0.05, 0.1) is 22.8 Å². The Kier molecular flexibility index (Phi) is 8.95. The fourth-order valence-corrected chi connectivity index (χ4v) is 9.08. The van der Waals surface area contributed by atoms with Gasteiger partial charge in [0.1, 0.15) is 0 Å². The summed E-state index contributed by atoms with van der Waals surface area (Å²) in [5.74, 6) is 0.747. The molecular formula is C46H48N6. The van der Waals surface area contributed by atoms with Crippen LogP contribution in [-0.4, -0.2) is 69.0 Å². The molecule has 6 heteroatoms. The van der Waals surface area contributed by atoms with Gasteiger partial charge in [-0.3, -0.25) is 0 Å². The van der Waals surface area contributed by atoms with Crippen LogP contribution in [0, 0.1) is 0 Å². The summed E-state index contributed by atoms with van der Waals surface area (Å²) in [6.07, 6.45) is 13.6. The standard InChI is InChI=1S/C46H48N6/c1-3-51-27-11-17-33(29-51)45-39-23-19-35(47-39)43(31-13-7-5-8-14-31)37-21-25-41(49-37)46(34-18-12-28-52(4-2)30-34)42-26-22-38(50-42)44(32-15-9-6-10-16-32)36-20-24-40(45)48-36/h5-10,13-16,19-26,33-34,47-48H,3-4,11-12,17-18,27-30H2,1-2H3. The summed E-state index contributed by atoms with van der Waals surface area (Å²) < 4.78 is 0. The largest absolute Gasteiger partial charge is 0.355 e. The highest BCUT2D eigenvalue weighted by Crippen LogP contribution is 2.39. The van der Waals surface area contributed by atoms with Crippen LogP contribution >= 0.6 is 0 Å². The summed E-state index contributed by atoms with van der Waals surface area (Å²) in [7, 11) is 0. The van der Waals surface area contributed by atoms with E-state index >= 15 is 0 Å². The molecule has 5 aromatic rings. The van der Waals surface area contributed by atoms with Crippen molar-refractivity contribution in [3.63, 3.8) is 0 Å². The maximum atomic E-state index is 5.51. The molecule has 52 heavy (non-hydrogen) atoms. The average molecular weight is 685 g/mol. The second kappa shape index (κ2) is 14.2. The molecule has 0 spiro atoms. The van der Waals surface area contributed by atoms with Gasteiger partial charge in [-0.2, -0.15) is 0 Å². The van der Waals surface area contributed by atoms with E-state index in [0.29, 0.717) is 11.8 Å². The molecule has 2 saturated heterocycles. The number of likely N-dealkylation sites (N-methyl/N-ethyl adjacent to an activating group) is 2. The minimum atomic E-state index is 0.350. The number of rotatable bonds is 6. The van der Waals surface area contributed by atoms with Crippen LogP contribution in [0.15, 0.2) is 84.9 Å². The minimum absolute atomic E-state index is 0.350. The monoisotopic (exact) mass is 684 g/mol. The van der Waals surface area contributed by atoms with E-state index in [0.717, 1.165) is 108 Å². The molecule has 2 aromatic carbocycles. The number of hydrogen-bond donors (Lipinski definition) is 2. The zero-order valence-electron chi connectivity index (χ0n) is 30.4. The van der Waals surface area contributed by atoms with Crippen molar-refractivity contribution in [2.75, 3.05) is 39.3 Å². The summed E-state index contributed by atoms with van der Waals surface area (Å²) in [5, 5.41) is 0. The zero-order chi connectivity index (χ0) is 35.0. The molecule has 2 N–H and O–H groups in total. The molecule has 2 atom stereocenters. The average Bonchev–Trinajstić information content (AvgIpc) is 4.04. The predicted molar refractivity (Wildman–Crippen MR) is 218 cm³/mol. The summed E-state index contributed by atoms with van der Waals surface area (Å²) in [6.45, 7) is 11.1. The Hall–Kier alpha value is -5.04. The van der Waals surface area contributed by atoms with Crippen molar-refractivity contribution in [2.24, 2.45) is 0 Å². The lowest BCUT2D eigenvalue weighted by molar-refractivity contribution is 0.217. The highest BCUT2D eigenvalue weighted by atomic mass is 15.1. The Labute approximate surface area is 307 Å². The summed E-state index contributed by atoms with van der Waals surface area (Å²) >= 11 is 0. The molecule has 262 valence electrons. The number of aromatic nitrogens is 4. The number of aromatic amines is 2. The molecule has 6 nitrogen and oxygen atoms in total.